The van der Waals surface area contributed by atoms with Crippen LogP contribution in [0.15, 0.2) is 0 Å². The molecule has 0 unspecified atom stereocenters. The molecule has 0 aromatic heterocycles. The Morgan fingerprint density at radius 3 is 2.33 bits per heavy atom. The highest BCUT2D eigenvalue weighted by Crippen LogP contribution is 1.92. The summed E-state index contributed by atoms with van der Waals surface area (Å²) >= 11 is 1.15. The minimum atomic E-state index is 0.323. The molecule has 0 atom stereocenters. The fourth-order valence-corrected chi connectivity index (χ4v) is 1.23. The van der Waals surface area contributed by atoms with Gasteiger partial charge in [-0.3, -0.25) is 0 Å². The first kappa shape index (κ1) is 12.6. The van der Waals surface area contributed by atoms with Gasteiger partial charge in [0.1, 0.15) is 23.0 Å². The Kier molecular flexibility index (Phi) is 10.1. The molecule has 5 heteroatoms. The van der Waals surface area contributed by atoms with Crippen molar-refractivity contribution in [2.45, 2.75) is 6.42 Å². The van der Waals surface area contributed by atoms with Crippen LogP contribution < -0.4 is 5.32 Å². The third-order valence-corrected chi connectivity index (χ3v) is 1.84. The fraction of sp³-hybridized carbons (Fsp3) is 1.00. The zero-order valence-corrected chi connectivity index (χ0v) is 9.33. The maximum absolute atomic E-state index is 8.55. The van der Waals surface area contributed by atoms with E-state index in [0.717, 1.165) is 62.2 Å². The van der Waals surface area contributed by atoms with E-state index in [2.05, 4.69) is 10.2 Å². The standard InChI is InChI=1S/C7H16N2O.HIO/c10-7-1-4-9-5-2-8-3-6-9;1-2/h8,10H,1-7H2;2H. The van der Waals surface area contributed by atoms with Gasteiger partial charge >= 0.3 is 0 Å². The molecule has 1 heterocycles. The first-order valence-electron chi connectivity index (χ1n) is 4.14. The average Bonchev–Trinajstić information content (AvgIpc) is 2.19. The maximum atomic E-state index is 8.55. The van der Waals surface area contributed by atoms with Gasteiger partial charge in [-0.25, -0.2) is 0 Å². The first-order chi connectivity index (χ1) is 5.93. The summed E-state index contributed by atoms with van der Waals surface area (Å²) < 4.78 is 6.97. The maximum Gasteiger partial charge on any atom is 0.106 e. The zero-order valence-electron chi connectivity index (χ0n) is 7.17. The van der Waals surface area contributed by atoms with Gasteiger partial charge in [0.25, 0.3) is 0 Å². The lowest BCUT2D eigenvalue weighted by atomic mass is 10.3. The van der Waals surface area contributed by atoms with Gasteiger partial charge < -0.3 is 18.8 Å². The Balaban J connectivity index is 0.000000561. The van der Waals surface area contributed by atoms with Gasteiger partial charge in [0, 0.05) is 39.3 Å². The van der Waals surface area contributed by atoms with E-state index in [9.17, 15) is 0 Å². The highest BCUT2D eigenvalue weighted by Gasteiger charge is 2.07. The molecule has 1 saturated heterocycles. The van der Waals surface area contributed by atoms with Crippen LogP contribution in [0.1, 0.15) is 6.42 Å². The summed E-state index contributed by atoms with van der Waals surface area (Å²) in [7, 11) is 0. The largest absolute Gasteiger partial charge is 0.396 e. The van der Waals surface area contributed by atoms with Crippen LogP contribution >= 0.6 is 23.0 Å². The van der Waals surface area contributed by atoms with Crippen LogP contribution in [0.25, 0.3) is 0 Å². The Morgan fingerprint density at radius 1 is 1.25 bits per heavy atom. The van der Waals surface area contributed by atoms with Crippen LogP contribution in [-0.2, 0) is 0 Å². The molecule has 0 aliphatic carbocycles. The first-order valence-corrected chi connectivity index (χ1v) is 5.11. The minimum absolute atomic E-state index is 0.323. The molecule has 0 spiro atoms. The smallest absolute Gasteiger partial charge is 0.106 e. The Morgan fingerprint density at radius 2 is 1.83 bits per heavy atom. The molecule has 4 nitrogen and oxygen atoms in total. The molecule has 1 fully saturated rings. The molecular weight excluding hydrogens is 271 g/mol. The Hall–Kier alpha value is 0.570. The van der Waals surface area contributed by atoms with Gasteiger partial charge in [0.2, 0.25) is 0 Å². The number of hydrogen-bond acceptors (Lipinski definition) is 4. The van der Waals surface area contributed by atoms with Crippen LogP contribution in [0.3, 0.4) is 0 Å². The van der Waals surface area contributed by atoms with E-state index in [1.807, 2.05) is 0 Å². The van der Waals surface area contributed by atoms with Crippen molar-refractivity contribution in [1.82, 2.24) is 10.2 Å². The monoisotopic (exact) mass is 288 g/mol. The number of nitrogens with one attached hydrogen (secondary N) is 1. The lowest BCUT2D eigenvalue weighted by molar-refractivity contribution is 0.206. The molecule has 0 aromatic carbocycles. The SMILES string of the molecule is OCCCN1CCNCC1.OI. The average molecular weight is 288 g/mol. The van der Waals surface area contributed by atoms with Crippen LogP contribution in [-0.4, -0.2) is 52.8 Å². The molecule has 0 bridgehead atoms. The van der Waals surface area contributed by atoms with E-state index in [4.69, 9.17) is 8.54 Å². The summed E-state index contributed by atoms with van der Waals surface area (Å²) in [6.07, 6.45) is 0.917. The van der Waals surface area contributed by atoms with E-state index < -0.39 is 0 Å². The molecule has 0 aromatic rings. The summed E-state index contributed by atoms with van der Waals surface area (Å²) in [5.41, 5.74) is 0. The van der Waals surface area contributed by atoms with E-state index in [1.54, 1.807) is 0 Å². The highest BCUT2D eigenvalue weighted by molar-refractivity contribution is 14.1. The highest BCUT2D eigenvalue weighted by atomic mass is 127. The van der Waals surface area contributed by atoms with Crippen molar-refractivity contribution in [3.63, 3.8) is 0 Å². The van der Waals surface area contributed by atoms with E-state index in [-0.39, 0.29) is 0 Å². The second-order valence-electron chi connectivity index (χ2n) is 2.67. The van der Waals surface area contributed by atoms with Crippen molar-refractivity contribution in [2.24, 2.45) is 0 Å². The number of aliphatic hydroxyl groups is 1. The summed E-state index contributed by atoms with van der Waals surface area (Å²) in [5.74, 6) is 0. The van der Waals surface area contributed by atoms with Crippen molar-refractivity contribution in [3.05, 3.63) is 0 Å². The third-order valence-electron chi connectivity index (χ3n) is 1.84. The number of halogens is 1. The van der Waals surface area contributed by atoms with Gasteiger partial charge in [-0.1, -0.05) is 0 Å². The summed E-state index contributed by atoms with van der Waals surface area (Å²) in [6.45, 7) is 5.86. The van der Waals surface area contributed by atoms with Crippen molar-refractivity contribution in [3.8, 4) is 0 Å². The molecular formula is C7H17IN2O2. The quantitative estimate of drug-likeness (QED) is 0.619. The molecule has 0 amide bonds. The van der Waals surface area contributed by atoms with Crippen LogP contribution in [0, 0.1) is 0 Å². The number of piperazine rings is 1. The van der Waals surface area contributed by atoms with E-state index in [1.165, 1.54) is 0 Å². The normalized spacial score (nSPS) is 18.2. The van der Waals surface area contributed by atoms with Gasteiger partial charge in [0.15, 0.2) is 0 Å². The summed E-state index contributed by atoms with van der Waals surface area (Å²) in [6, 6.07) is 0. The zero-order chi connectivity index (χ0) is 9.23. The number of aliphatic hydroxyl groups excluding tert-OH is 1. The van der Waals surface area contributed by atoms with E-state index >= 15 is 0 Å². The van der Waals surface area contributed by atoms with Crippen LogP contribution in [0.5, 0.6) is 0 Å². The number of nitrogens with zero attached hydrogens (tertiary/aromatic N) is 1. The van der Waals surface area contributed by atoms with Gasteiger partial charge in [0.05, 0.1) is 0 Å². The second-order valence-corrected chi connectivity index (χ2v) is 2.67. The van der Waals surface area contributed by atoms with Crippen LogP contribution in [0.4, 0.5) is 0 Å². The predicted molar refractivity (Wildman–Crippen MR) is 57.3 cm³/mol. The van der Waals surface area contributed by atoms with Gasteiger partial charge in [-0.05, 0) is 6.42 Å². The lowest BCUT2D eigenvalue weighted by Crippen LogP contribution is -2.43. The molecule has 74 valence electrons. The summed E-state index contributed by atoms with van der Waals surface area (Å²) in [5, 5.41) is 11.8. The Bertz CT molecular complexity index is 89.5. The lowest BCUT2D eigenvalue weighted by Gasteiger charge is -2.26. The second kappa shape index (κ2) is 9.66. The predicted octanol–water partition coefficient (Wildman–Crippen LogP) is -0.397. The number of hydrogen-bond donors (Lipinski definition) is 3. The molecule has 12 heavy (non-hydrogen) atoms. The number of rotatable bonds is 3. The summed E-state index contributed by atoms with van der Waals surface area (Å²) in [4.78, 5) is 2.38. The van der Waals surface area contributed by atoms with Crippen molar-refractivity contribution in [1.29, 1.82) is 0 Å². The molecule has 0 radical (unpaired) electrons. The molecule has 3 N–H and O–H groups in total. The van der Waals surface area contributed by atoms with Crippen molar-refractivity contribution < 1.29 is 8.54 Å². The van der Waals surface area contributed by atoms with Crippen molar-refractivity contribution in [2.75, 3.05) is 39.3 Å². The molecule has 1 aliphatic rings. The van der Waals surface area contributed by atoms with Gasteiger partial charge in [-0.15, -0.1) is 0 Å². The van der Waals surface area contributed by atoms with Crippen molar-refractivity contribution >= 4 is 23.0 Å². The van der Waals surface area contributed by atoms with Crippen LogP contribution in [0.2, 0.25) is 0 Å². The topological polar surface area (TPSA) is 55.7 Å². The van der Waals surface area contributed by atoms with Gasteiger partial charge in [-0.2, -0.15) is 0 Å². The fourth-order valence-electron chi connectivity index (χ4n) is 1.23. The Labute approximate surface area is 87.6 Å². The molecule has 1 rings (SSSR count). The van der Waals surface area contributed by atoms with E-state index in [0.29, 0.717) is 6.61 Å². The third kappa shape index (κ3) is 6.13. The minimum Gasteiger partial charge on any atom is -0.396 e. The molecule has 0 saturated carbocycles. The molecule has 1 aliphatic heterocycles.